The van der Waals surface area contributed by atoms with Gasteiger partial charge in [0.25, 0.3) is 5.56 Å². The van der Waals surface area contributed by atoms with E-state index in [9.17, 15) is 18.8 Å². The second-order valence-electron chi connectivity index (χ2n) is 7.19. The Morgan fingerprint density at radius 1 is 1.12 bits per heavy atom. The van der Waals surface area contributed by atoms with Crippen LogP contribution in [0.15, 0.2) is 57.4 Å². The molecule has 0 fully saturated rings. The largest absolute Gasteiger partial charge is 0.454 e. The Morgan fingerprint density at radius 3 is 2.75 bits per heavy atom. The molecule has 32 heavy (non-hydrogen) atoms. The highest BCUT2D eigenvalue weighted by Gasteiger charge is 2.19. The van der Waals surface area contributed by atoms with Gasteiger partial charge in [0.05, 0.1) is 11.2 Å². The van der Waals surface area contributed by atoms with Gasteiger partial charge in [-0.15, -0.1) is 11.3 Å². The number of halogens is 1. The molecule has 0 saturated carbocycles. The maximum atomic E-state index is 13.6. The molecule has 2 aromatic carbocycles. The smallest absolute Gasteiger partial charge is 0.336 e. The van der Waals surface area contributed by atoms with Crippen LogP contribution in [0.4, 0.5) is 10.1 Å². The van der Waals surface area contributed by atoms with E-state index in [1.807, 2.05) is 0 Å². The van der Waals surface area contributed by atoms with Crippen LogP contribution < -0.4 is 26.0 Å². The van der Waals surface area contributed by atoms with Crippen LogP contribution in [0.2, 0.25) is 0 Å². The number of aryl methyl sites for hydroxylation is 1. The Morgan fingerprint density at radius 2 is 1.94 bits per heavy atom. The first-order valence-corrected chi connectivity index (χ1v) is 10.5. The number of rotatable bonds is 4. The molecule has 0 unspecified atom stereocenters. The lowest BCUT2D eigenvalue weighted by Crippen LogP contribution is -2.40. The van der Waals surface area contributed by atoms with Crippen LogP contribution in [0, 0.1) is 12.7 Å². The fourth-order valence-corrected chi connectivity index (χ4v) is 4.46. The summed E-state index contributed by atoms with van der Waals surface area (Å²) in [4.78, 5) is 39.1. The number of amides is 1. The van der Waals surface area contributed by atoms with Gasteiger partial charge < -0.3 is 14.8 Å². The van der Waals surface area contributed by atoms with Crippen molar-refractivity contribution in [2.75, 3.05) is 12.1 Å². The van der Waals surface area contributed by atoms with E-state index >= 15 is 0 Å². The van der Waals surface area contributed by atoms with Gasteiger partial charge in [-0.2, -0.15) is 0 Å². The molecule has 4 aromatic rings. The fraction of sp³-hybridized carbons (Fsp3) is 0.136. The van der Waals surface area contributed by atoms with Gasteiger partial charge in [-0.05, 0) is 54.3 Å². The number of aromatic nitrogens is 2. The highest BCUT2D eigenvalue weighted by molar-refractivity contribution is 7.17. The normalized spacial score (nSPS) is 12.3. The number of anilines is 1. The first-order chi connectivity index (χ1) is 15.4. The second-order valence-corrected chi connectivity index (χ2v) is 8.11. The van der Waals surface area contributed by atoms with E-state index in [0.29, 0.717) is 33.0 Å². The van der Waals surface area contributed by atoms with E-state index in [4.69, 9.17) is 9.47 Å². The molecule has 162 valence electrons. The van der Waals surface area contributed by atoms with Gasteiger partial charge in [0.2, 0.25) is 12.7 Å². The highest BCUT2D eigenvalue weighted by atomic mass is 32.1. The Bertz CT molecular complexity index is 1500. The van der Waals surface area contributed by atoms with Gasteiger partial charge in [-0.1, -0.05) is 0 Å². The quantitative estimate of drug-likeness (QED) is 0.513. The average Bonchev–Trinajstić information content (AvgIpc) is 3.42. The molecule has 8 nitrogen and oxygen atoms in total. The number of benzene rings is 2. The summed E-state index contributed by atoms with van der Waals surface area (Å²) in [6.07, 6.45) is 0. The summed E-state index contributed by atoms with van der Waals surface area (Å²) in [7, 11) is 0. The van der Waals surface area contributed by atoms with E-state index in [0.717, 1.165) is 4.57 Å². The standard InChI is InChI=1S/C22H16FN3O5S/c1-12-8-13(23)2-4-15(12)26-21(28)20-16(6-7-32-20)25(22(26)29)10-19(27)24-14-3-5-17-18(9-14)31-11-30-17/h2-9H,10-11H2,1H3,(H,24,27). The summed E-state index contributed by atoms with van der Waals surface area (Å²) in [5.41, 5.74) is 0.343. The van der Waals surface area contributed by atoms with Gasteiger partial charge in [0, 0.05) is 11.8 Å². The van der Waals surface area contributed by atoms with Crippen LogP contribution in [-0.4, -0.2) is 21.8 Å². The first-order valence-electron chi connectivity index (χ1n) is 9.61. The minimum absolute atomic E-state index is 0.114. The van der Waals surface area contributed by atoms with Crippen LogP contribution in [0.25, 0.3) is 15.9 Å². The van der Waals surface area contributed by atoms with Gasteiger partial charge in [-0.25, -0.2) is 13.8 Å². The lowest BCUT2D eigenvalue weighted by molar-refractivity contribution is -0.116. The van der Waals surface area contributed by atoms with Crippen LogP contribution in [0.1, 0.15) is 5.56 Å². The number of fused-ring (bicyclic) bond motifs is 2. The molecule has 0 saturated heterocycles. The zero-order valence-corrected chi connectivity index (χ0v) is 17.6. The van der Waals surface area contributed by atoms with Crippen molar-refractivity contribution in [2.45, 2.75) is 13.5 Å². The molecular formula is C22H16FN3O5S. The number of nitrogens with one attached hydrogen (secondary N) is 1. The molecule has 5 rings (SSSR count). The van der Waals surface area contributed by atoms with Crippen molar-refractivity contribution in [2.24, 2.45) is 0 Å². The Balaban J connectivity index is 1.55. The highest BCUT2D eigenvalue weighted by Crippen LogP contribution is 2.34. The van der Waals surface area contributed by atoms with Crippen LogP contribution in [0.5, 0.6) is 11.5 Å². The SMILES string of the molecule is Cc1cc(F)ccc1-n1c(=O)c2sccc2n(CC(=O)Nc2ccc3c(c2)OCO3)c1=O. The van der Waals surface area contributed by atoms with Gasteiger partial charge in [0.1, 0.15) is 17.1 Å². The van der Waals surface area contributed by atoms with Gasteiger partial charge >= 0.3 is 5.69 Å². The molecule has 3 heterocycles. The van der Waals surface area contributed by atoms with Crippen molar-refractivity contribution in [3.8, 4) is 17.2 Å². The van der Waals surface area contributed by atoms with E-state index in [-0.39, 0.29) is 19.0 Å². The molecule has 0 spiro atoms. The molecule has 1 N–H and O–H groups in total. The van der Waals surface area contributed by atoms with Crippen molar-refractivity contribution >= 4 is 33.1 Å². The Labute approximate surface area is 184 Å². The average molecular weight is 453 g/mol. The molecule has 0 bridgehead atoms. The predicted molar refractivity (Wildman–Crippen MR) is 118 cm³/mol. The minimum Gasteiger partial charge on any atom is -0.454 e. The van der Waals surface area contributed by atoms with E-state index in [2.05, 4.69) is 5.32 Å². The van der Waals surface area contributed by atoms with Crippen LogP contribution in [0.3, 0.4) is 0 Å². The number of ether oxygens (including phenoxy) is 2. The summed E-state index contributed by atoms with van der Waals surface area (Å²) in [6.45, 7) is 1.41. The number of carbonyl (C=O) groups is 1. The molecule has 1 aliphatic rings. The third-order valence-corrected chi connectivity index (χ3v) is 6.00. The molecule has 0 radical (unpaired) electrons. The second kappa shape index (κ2) is 7.65. The summed E-state index contributed by atoms with van der Waals surface area (Å²) in [5.74, 6) is 0.167. The number of hydrogen-bond donors (Lipinski definition) is 1. The summed E-state index contributed by atoms with van der Waals surface area (Å²) >= 11 is 1.17. The lowest BCUT2D eigenvalue weighted by atomic mass is 10.2. The fourth-order valence-electron chi connectivity index (χ4n) is 3.64. The monoisotopic (exact) mass is 453 g/mol. The Hall–Kier alpha value is -3.92. The van der Waals surface area contributed by atoms with Crippen molar-refractivity contribution in [1.82, 2.24) is 9.13 Å². The summed E-state index contributed by atoms with van der Waals surface area (Å²) in [5, 5.41) is 4.41. The predicted octanol–water partition coefficient (Wildman–Crippen LogP) is 3.03. The number of nitrogens with zero attached hydrogens (tertiary/aromatic N) is 2. The zero-order chi connectivity index (χ0) is 22.4. The van der Waals surface area contributed by atoms with Crippen LogP contribution >= 0.6 is 11.3 Å². The Kier molecular flexibility index (Phi) is 4.78. The summed E-state index contributed by atoms with van der Waals surface area (Å²) < 4.78 is 26.7. The van der Waals surface area contributed by atoms with Gasteiger partial charge in [-0.3, -0.25) is 14.2 Å². The van der Waals surface area contributed by atoms with Gasteiger partial charge in [0.15, 0.2) is 11.5 Å². The lowest BCUT2D eigenvalue weighted by Gasteiger charge is -2.14. The molecule has 2 aromatic heterocycles. The summed E-state index contributed by atoms with van der Waals surface area (Å²) in [6, 6.07) is 10.4. The van der Waals surface area contributed by atoms with E-state index in [1.165, 1.54) is 34.1 Å². The van der Waals surface area contributed by atoms with E-state index in [1.54, 1.807) is 36.6 Å². The molecular weight excluding hydrogens is 437 g/mol. The number of thiophene rings is 1. The zero-order valence-electron chi connectivity index (χ0n) is 16.8. The maximum absolute atomic E-state index is 13.6. The van der Waals surface area contributed by atoms with Crippen molar-refractivity contribution in [1.29, 1.82) is 0 Å². The first kappa shape index (κ1) is 20.0. The molecule has 0 aliphatic carbocycles. The number of hydrogen-bond acceptors (Lipinski definition) is 6. The third kappa shape index (κ3) is 3.34. The van der Waals surface area contributed by atoms with Crippen molar-refractivity contribution < 1.29 is 18.7 Å². The third-order valence-electron chi connectivity index (χ3n) is 5.11. The molecule has 1 amide bonds. The topological polar surface area (TPSA) is 91.6 Å². The molecule has 10 heteroatoms. The molecule has 1 aliphatic heterocycles. The minimum atomic E-state index is -0.684. The number of carbonyl (C=O) groups excluding carboxylic acids is 1. The molecule has 0 atom stereocenters. The maximum Gasteiger partial charge on any atom is 0.336 e. The van der Waals surface area contributed by atoms with Crippen molar-refractivity contribution in [3.63, 3.8) is 0 Å². The van der Waals surface area contributed by atoms with E-state index < -0.39 is 23.0 Å². The van der Waals surface area contributed by atoms with Crippen molar-refractivity contribution in [3.05, 3.63) is 80.1 Å². The van der Waals surface area contributed by atoms with Crippen LogP contribution in [-0.2, 0) is 11.3 Å².